The van der Waals surface area contributed by atoms with Crippen molar-refractivity contribution in [2.75, 3.05) is 6.54 Å². The van der Waals surface area contributed by atoms with E-state index in [0.717, 1.165) is 18.4 Å². The van der Waals surface area contributed by atoms with Gasteiger partial charge in [0.15, 0.2) is 0 Å². The van der Waals surface area contributed by atoms with Crippen molar-refractivity contribution in [3.05, 3.63) is 69.2 Å². The fourth-order valence-corrected chi connectivity index (χ4v) is 3.95. The molecule has 0 aromatic heterocycles. The van der Waals surface area contributed by atoms with Gasteiger partial charge in [-0.15, -0.1) is 0 Å². The zero-order chi connectivity index (χ0) is 22.8. The highest BCUT2D eigenvalue weighted by atomic mass is 35.5. The van der Waals surface area contributed by atoms with E-state index in [0.29, 0.717) is 41.4 Å². The Balaban J connectivity index is 2.23. The van der Waals surface area contributed by atoms with Crippen LogP contribution >= 0.6 is 23.2 Å². The molecule has 1 atom stereocenters. The van der Waals surface area contributed by atoms with Crippen molar-refractivity contribution >= 4 is 35.0 Å². The summed E-state index contributed by atoms with van der Waals surface area (Å²) in [6.45, 7) is 6.82. The van der Waals surface area contributed by atoms with E-state index in [2.05, 4.69) is 12.2 Å². The number of rotatable bonds is 11. The van der Waals surface area contributed by atoms with Gasteiger partial charge in [0.1, 0.15) is 6.04 Å². The molecule has 0 aliphatic heterocycles. The van der Waals surface area contributed by atoms with Gasteiger partial charge in [0, 0.05) is 35.1 Å². The minimum absolute atomic E-state index is 0.0888. The number of halogens is 2. The van der Waals surface area contributed by atoms with Gasteiger partial charge >= 0.3 is 0 Å². The van der Waals surface area contributed by atoms with E-state index in [9.17, 15) is 9.59 Å². The summed E-state index contributed by atoms with van der Waals surface area (Å²) in [5.74, 6) is -0.225. The summed E-state index contributed by atoms with van der Waals surface area (Å²) in [6, 6.07) is 12.8. The lowest BCUT2D eigenvalue weighted by molar-refractivity contribution is -0.141. The predicted molar refractivity (Wildman–Crippen MR) is 129 cm³/mol. The van der Waals surface area contributed by atoms with Crippen molar-refractivity contribution < 1.29 is 9.59 Å². The van der Waals surface area contributed by atoms with Gasteiger partial charge in [-0.2, -0.15) is 0 Å². The molecule has 2 rings (SSSR count). The average molecular weight is 463 g/mol. The molecule has 0 radical (unpaired) electrons. The fraction of sp³-hybridized carbons (Fsp3) is 0.440. The number of nitrogens with one attached hydrogen (secondary N) is 1. The summed E-state index contributed by atoms with van der Waals surface area (Å²) in [5, 5.41) is 3.95. The Morgan fingerprint density at radius 3 is 2.26 bits per heavy atom. The normalized spacial score (nSPS) is 11.8. The van der Waals surface area contributed by atoms with Gasteiger partial charge in [0.05, 0.1) is 0 Å². The van der Waals surface area contributed by atoms with E-state index in [1.807, 2.05) is 38.1 Å². The molecule has 0 spiro atoms. The highest BCUT2D eigenvalue weighted by molar-refractivity contribution is 6.36. The molecule has 0 aliphatic rings. The van der Waals surface area contributed by atoms with Crippen LogP contribution in [0.3, 0.4) is 0 Å². The SMILES string of the molecule is CCCCNC(=O)[C@@H](CC)N(Cc1c(Cl)cccc1Cl)C(=O)CCc1ccc(C)cc1. The van der Waals surface area contributed by atoms with Gasteiger partial charge in [-0.1, -0.05) is 79.4 Å². The topological polar surface area (TPSA) is 49.4 Å². The standard InChI is InChI=1S/C25H32Cl2N2O2/c1-4-6-16-28-25(31)23(5-2)29(17-20-21(26)8-7-9-22(20)27)24(30)15-14-19-12-10-18(3)11-13-19/h7-13,23H,4-6,14-17H2,1-3H3,(H,28,31)/t23-/m1/s1. The van der Waals surface area contributed by atoms with E-state index in [1.165, 1.54) is 5.56 Å². The third-order valence-corrected chi connectivity index (χ3v) is 6.06. The first kappa shape index (κ1) is 25.2. The smallest absolute Gasteiger partial charge is 0.242 e. The zero-order valence-electron chi connectivity index (χ0n) is 18.6. The number of hydrogen-bond acceptors (Lipinski definition) is 2. The molecule has 6 heteroatoms. The summed E-state index contributed by atoms with van der Waals surface area (Å²) in [5.41, 5.74) is 2.93. The maximum Gasteiger partial charge on any atom is 0.242 e. The molecule has 0 heterocycles. The maximum absolute atomic E-state index is 13.3. The number of carbonyl (C=O) groups is 2. The first-order valence-electron chi connectivity index (χ1n) is 10.9. The van der Waals surface area contributed by atoms with Crippen LogP contribution in [-0.4, -0.2) is 29.3 Å². The van der Waals surface area contributed by atoms with E-state index in [4.69, 9.17) is 23.2 Å². The van der Waals surface area contributed by atoms with E-state index >= 15 is 0 Å². The largest absolute Gasteiger partial charge is 0.354 e. The minimum Gasteiger partial charge on any atom is -0.354 e. The lowest BCUT2D eigenvalue weighted by Crippen LogP contribution is -2.49. The van der Waals surface area contributed by atoms with Gasteiger partial charge in [0.25, 0.3) is 0 Å². The molecule has 31 heavy (non-hydrogen) atoms. The zero-order valence-corrected chi connectivity index (χ0v) is 20.1. The molecule has 2 aromatic rings. The second-order valence-electron chi connectivity index (χ2n) is 7.78. The molecule has 0 saturated heterocycles. The van der Waals surface area contributed by atoms with Gasteiger partial charge < -0.3 is 10.2 Å². The Kier molecular flexibility index (Phi) is 10.4. The fourth-order valence-electron chi connectivity index (χ4n) is 3.43. The molecule has 168 valence electrons. The molecule has 2 amide bonds. The molecule has 2 aromatic carbocycles. The molecular weight excluding hydrogens is 431 g/mol. The van der Waals surface area contributed by atoms with E-state index < -0.39 is 6.04 Å². The van der Waals surface area contributed by atoms with Gasteiger partial charge in [0.2, 0.25) is 11.8 Å². The number of benzene rings is 2. The highest BCUT2D eigenvalue weighted by Gasteiger charge is 2.29. The second kappa shape index (κ2) is 12.7. The van der Waals surface area contributed by atoms with Crippen molar-refractivity contribution in [3.8, 4) is 0 Å². The van der Waals surface area contributed by atoms with Crippen molar-refractivity contribution in [1.82, 2.24) is 10.2 Å². The monoisotopic (exact) mass is 462 g/mol. The van der Waals surface area contributed by atoms with Crippen LogP contribution in [0, 0.1) is 6.92 Å². The molecule has 0 fully saturated rings. The first-order chi connectivity index (χ1) is 14.9. The van der Waals surface area contributed by atoms with Crippen molar-refractivity contribution in [2.24, 2.45) is 0 Å². The van der Waals surface area contributed by atoms with Crippen molar-refractivity contribution in [1.29, 1.82) is 0 Å². The van der Waals surface area contributed by atoms with Crippen LogP contribution < -0.4 is 5.32 Å². The van der Waals surface area contributed by atoms with Crippen LogP contribution in [0.2, 0.25) is 10.0 Å². The summed E-state index contributed by atoms with van der Waals surface area (Å²) in [4.78, 5) is 27.8. The van der Waals surface area contributed by atoms with Crippen LogP contribution in [0.1, 0.15) is 56.2 Å². The molecule has 0 aliphatic carbocycles. The van der Waals surface area contributed by atoms with Crippen molar-refractivity contribution in [2.45, 2.75) is 65.5 Å². The number of amides is 2. The molecule has 0 bridgehead atoms. The van der Waals surface area contributed by atoms with Crippen LogP contribution in [0.4, 0.5) is 0 Å². The Morgan fingerprint density at radius 1 is 1.03 bits per heavy atom. The minimum atomic E-state index is -0.574. The lowest BCUT2D eigenvalue weighted by atomic mass is 10.0. The number of aryl methyl sites for hydroxylation is 2. The molecule has 0 unspecified atom stereocenters. The Morgan fingerprint density at radius 2 is 1.68 bits per heavy atom. The van der Waals surface area contributed by atoms with Crippen LogP contribution in [-0.2, 0) is 22.6 Å². The van der Waals surface area contributed by atoms with Crippen LogP contribution in [0.25, 0.3) is 0 Å². The lowest BCUT2D eigenvalue weighted by Gasteiger charge is -2.31. The third-order valence-electron chi connectivity index (χ3n) is 5.35. The molecule has 0 saturated carbocycles. The number of nitrogens with zero attached hydrogens (tertiary/aromatic N) is 1. The van der Waals surface area contributed by atoms with Crippen molar-refractivity contribution in [3.63, 3.8) is 0 Å². The van der Waals surface area contributed by atoms with Gasteiger partial charge in [-0.3, -0.25) is 9.59 Å². The van der Waals surface area contributed by atoms with Crippen LogP contribution in [0.15, 0.2) is 42.5 Å². The molecular formula is C25H32Cl2N2O2. The third kappa shape index (κ3) is 7.55. The number of carbonyl (C=O) groups excluding carboxylic acids is 2. The first-order valence-corrected chi connectivity index (χ1v) is 11.7. The Bertz CT molecular complexity index is 848. The summed E-state index contributed by atoms with van der Waals surface area (Å²) in [7, 11) is 0. The second-order valence-corrected chi connectivity index (χ2v) is 8.59. The van der Waals surface area contributed by atoms with Gasteiger partial charge in [-0.05, 0) is 43.9 Å². The Hall–Kier alpha value is -2.04. The summed E-state index contributed by atoms with van der Waals surface area (Å²) < 4.78 is 0. The average Bonchev–Trinajstić information content (AvgIpc) is 2.75. The number of unbranched alkanes of at least 4 members (excludes halogenated alkanes) is 1. The number of hydrogen-bond donors (Lipinski definition) is 1. The highest BCUT2D eigenvalue weighted by Crippen LogP contribution is 2.27. The van der Waals surface area contributed by atoms with Crippen LogP contribution in [0.5, 0.6) is 0 Å². The Labute approximate surface area is 195 Å². The molecule has 1 N–H and O–H groups in total. The predicted octanol–water partition coefficient (Wildman–Crippen LogP) is 5.96. The van der Waals surface area contributed by atoms with E-state index in [1.54, 1.807) is 23.1 Å². The van der Waals surface area contributed by atoms with E-state index in [-0.39, 0.29) is 18.4 Å². The summed E-state index contributed by atoms with van der Waals surface area (Å²) in [6.07, 6.45) is 3.32. The summed E-state index contributed by atoms with van der Waals surface area (Å²) >= 11 is 12.7. The van der Waals surface area contributed by atoms with Gasteiger partial charge in [-0.25, -0.2) is 0 Å². The quantitative estimate of drug-likeness (QED) is 0.418. The molecule has 4 nitrogen and oxygen atoms in total. The maximum atomic E-state index is 13.3.